The molecule has 4 unspecified atom stereocenters. The van der Waals surface area contributed by atoms with E-state index in [0.29, 0.717) is 97.3 Å². The van der Waals surface area contributed by atoms with E-state index in [1.807, 2.05) is 67.1 Å². The van der Waals surface area contributed by atoms with Crippen LogP contribution >= 0.6 is 62.3 Å². The van der Waals surface area contributed by atoms with Crippen LogP contribution in [0.15, 0.2) is 89.9 Å². The Morgan fingerprint density at radius 1 is 0.635 bits per heavy atom. The molecule has 2 aliphatic carbocycles. The molecule has 63 heavy (non-hydrogen) atoms. The van der Waals surface area contributed by atoms with Gasteiger partial charge in [0.1, 0.15) is 21.8 Å². The van der Waals surface area contributed by atoms with Crippen LogP contribution in [0.5, 0.6) is 23.5 Å². The van der Waals surface area contributed by atoms with Gasteiger partial charge in [-0.25, -0.2) is 19.3 Å². The van der Waals surface area contributed by atoms with Crippen LogP contribution in [0.4, 0.5) is 11.4 Å². The van der Waals surface area contributed by atoms with Crippen molar-refractivity contribution >= 4 is 73.7 Å². The van der Waals surface area contributed by atoms with Gasteiger partial charge in [0.15, 0.2) is 5.82 Å². The quantitative estimate of drug-likeness (QED) is 0.131. The van der Waals surface area contributed by atoms with Crippen molar-refractivity contribution in [3.63, 3.8) is 0 Å². The summed E-state index contributed by atoms with van der Waals surface area (Å²) in [6.07, 6.45) is 9.51. The number of nitrogens with zero attached hydrogens (tertiary/aromatic N) is 10. The second kappa shape index (κ2) is 20.8. The summed E-state index contributed by atoms with van der Waals surface area (Å²) in [7, 11) is 0. The predicted molar refractivity (Wildman–Crippen MR) is 253 cm³/mol. The summed E-state index contributed by atoms with van der Waals surface area (Å²) in [4.78, 5) is 21.8. The number of aryl methyl sites for hydroxylation is 2. The van der Waals surface area contributed by atoms with E-state index in [0.717, 1.165) is 38.4 Å². The van der Waals surface area contributed by atoms with Crippen LogP contribution in [0.25, 0.3) is 0 Å². The number of halogens is 5. The Balaban J connectivity index is 0.000000143. The Bertz CT molecular complexity index is 2450. The fourth-order valence-electron chi connectivity index (χ4n) is 9.34. The molecule has 18 heteroatoms. The van der Waals surface area contributed by atoms with Gasteiger partial charge >= 0.3 is 12.0 Å². The normalized spacial score (nSPS) is 22.2. The topological polar surface area (TPSA) is 138 Å². The Morgan fingerprint density at radius 2 is 1.11 bits per heavy atom. The lowest BCUT2D eigenvalue weighted by atomic mass is 9.82. The van der Waals surface area contributed by atoms with Gasteiger partial charge in [-0.05, 0) is 146 Å². The van der Waals surface area contributed by atoms with Crippen molar-refractivity contribution in [3.8, 4) is 23.5 Å². The number of pyridine rings is 2. The number of piperidine rings is 2. The Hall–Kier alpha value is -4.18. The Morgan fingerprint density at radius 3 is 1.60 bits per heavy atom. The molecule has 2 saturated heterocycles. The molecule has 13 nitrogen and oxygen atoms in total. The van der Waals surface area contributed by atoms with Crippen LogP contribution in [0, 0.1) is 29.6 Å². The van der Waals surface area contributed by atoms with E-state index in [1.54, 1.807) is 35.3 Å². The highest BCUT2D eigenvalue weighted by Gasteiger charge is 2.43. The minimum atomic E-state index is 0.411. The smallest absolute Gasteiger partial charge is 0.321 e. The number of fused-ring (bicyclic) bond motifs is 4. The third-order valence-corrected chi connectivity index (χ3v) is 13.6. The molecule has 0 spiro atoms. The summed E-state index contributed by atoms with van der Waals surface area (Å²) < 4.78 is 15.6. The average molecular weight is 999 g/mol. The maximum Gasteiger partial charge on any atom is 0.321 e. The van der Waals surface area contributed by atoms with E-state index >= 15 is 0 Å². The van der Waals surface area contributed by atoms with Gasteiger partial charge in [-0.1, -0.05) is 58.5 Å². The number of benzene rings is 2. The van der Waals surface area contributed by atoms with Gasteiger partial charge in [0.05, 0.1) is 0 Å². The number of hydrogen-bond donors (Lipinski definition) is 1. The molecule has 2 saturated carbocycles. The zero-order valence-corrected chi connectivity index (χ0v) is 39.7. The molecule has 0 amide bonds. The maximum atomic E-state index is 6.19. The summed E-state index contributed by atoms with van der Waals surface area (Å²) >= 11 is 27.2. The highest BCUT2D eigenvalue weighted by molar-refractivity contribution is 9.10. The van der Waals surface area contributed by atoms with E-state index in [-0.39, 0.29) is 0 Å². The second-order valence-electron chi connectivity index (χ2n) is 16.3. The van der Waals surface area contributed by atoms with Crippen LogP contribution in [-0.4, -0.2) is 71.7 Å². The molecular weight excluding hydrogens is 948 g/mol. The second-order valence-corrected chi connectivity index (χ2v) is 18.7. The first-order valence-corrected chi connectivity index (χ1v) is 23.7. The predicted octanol–water partition coefficient (Wildman–Crippen LogP) is 10.9. The highest BCUT2D eigenvalue weighted by atomic mass is 79.9. The summed E-state index contributed by atoms with van der Waals surface area (Å²) in [5, 5.41) is 11.2. The van der Waals surface area contributed by atoms with Crippen molar-refractivity contribution in [2.24, 2.45) is 35.3 Å². The molecule has 6 heterocycles. The minimum Gasteiger partial charge on any atom is -0.424 e. The lowest BCUT2D eigenvalue weighted by Gasteiger charge is -2.39. The molecule has 332 valence electrons. The Kier molecular flexibility index (Phi) is 15.0. The molecule has 2 aromatic carbocycles. The first-order valence-electron chi connectivity index (χ1n) is 21.4. The molecule has 2 N–H and O–H groups in total. The highest BCUT2D eigenvalue weighted by Crippen LogP contribution is 2.45. The van der Waals surface area contributed by atoms with Gasteiger partial charge in [-0.15, -0.1) is 5.10 Å². The standard InChI is InChI=1S/C23H25Cl2N5O.C12H16ClN3.C10H9BrClN3O/c1-2-30-23(31-19-5-3-4-17(24)10-19)27-22(28-30)12-20-15-6-7-16(20)14-29(13-15)18-8-9-26-21(25)11-18;13-11-5-10(3-4-15-11)16-6-8-1-2-9(7-16)12(8)14;1-2-15-10(13-9(11)14-15)16-8-5-3-4-7(12)6-8/h3-5,8-11,15-16,20H,2,6-7,12-14H2,1H3;3-5,8-9,12H,1-2,6-7,14H2;3-6H,2H2,1H3. The first-order chi connectivity index (χ1) is 30.5. The van der Waals surface area contributed by atoms with Crippen LogP contribution in [-0.2, 0) is 19.5 Å². The number of hydrogen-bond acceptors (Lipinski definition) is 11. The molecule has 4 atom stereocenters. The molecule has 4 aliphatic rings. The van der Waals surface area contributed by atoms with Crippen molar-refractivity contribution < 1.29 is 9.47 Å². The molecule has 4 bridgehead atoms. The molecule has 0 radical (unpaired) electrons. The van der Waals surface area contributed by atoms with Crippen LogP contribution in [0.1, 0.15) is 45.4 Å². The molecule has 6 aromatic rings. The van der Waals surface area contributed by atoms with Crippen LogP contribution < -0.4 is 25.0 Å². The van der Waals surface area contributed by atoms with E-state index in [1.165, 1.54) is 37.1 Å². The number of ether oxygens (including phenoxy) is 2. The van der Waals surface area contributed by atoms with E-state index in [9.17, 15) is 0 Å². The van der Waals surface area contributed by atoms with Crippen LogP contribution in [0.3, 0.4) is 0 Å². The Labute approximate surface area is 396 Å². The molecule has 2 aliphatic heterocycles. The number of aromatic nitrogens is 8. The third-order valence-electron chi connectivity index (χ3n) is 12.4. The van der Waals surface area contributed by atoms with Crippen molar-refractivity contribution in [1.82, 2.24) is 39.5 Å². The molecule has 10 rings (SSSR count). The zero-order chi connectivity index (χ0) is 44.0. The van der Waals surface area contributed by atoms with E-state index < -0.39 is 0 Å². The number of rotatable bonds is 10. The molecule has 4 fully saturated rings. The molecule has 4 aromatic heterocycles. The summed E-state index contributed by atoms with van der Waals surface area (Å²) in [5.41, 5.74) is 8.54. The van der Waals surface area contributed by atoms with Crippen molar-refractivity contribution in [3.05, 3.63) is 116 Å². The van der Waals surface area contributed by atoms with Gasteiger partial charge in [0.2, 0.25) is 4.73 Å². The lowest BCUT2D eigenvalue weighted by Crippen LogP contribution is -2.48. The summed E-state index contributed by atoms with van der Waals surface area (Å²) in [6, 6.07) is 23.9. The minimum absolute atomic E-state index is 0.411. The fourth-order valence-corrected chi connectivity index (χ4v) is 10.4. The van der Waals surface area contributed by atoms with Crippen molar-refractivity contribution in [2.45, 2.75) is 65.1 Å². The monoisotopic (exact) mass is 995 g/mol. The van der Waals surface area contributed by atoms with Crippen molar-refractivity contribution in [1.29, 1.82) is 0 Å². The van der Waals surface area contributed by atoms with Gasteiger partial charge < -0.3 is 25.0 Å². The van der Waals surface area contributed by atoms with Gasteiger partial charge in [0.25, 0.3) is 0 Å². The number of nitrogens with two attached hydrogens (primary N) is 1. The van der Waals surface area contributed by atoms with Gasteiger partial charge in [0, 0.05) is 85.5 Å². The maximum absolute atomic E-state index is 6.19. The fraction of sp³-hybridized carbons (Fsp3) is 0.422. The van der Waals surface area contributed by atoms with E-state index in [2.05, 4.69) is 51.8 Å². The van der Waals surface area contributed by atoms with Gasteiger partial charge in [-0.3, -0.25) is 0 Å². The average Bonchev–Trinajstić information content (AvgIpc) is 3.94. The first kappa shape index (κ1) is 45.4. The van der Waals surface area contributed by atoms with Crippen LogP contribution in [0.2, 0.25) is 20.4 Å². The number of anilines is 2. The summed E-state index contributed by atoms with van der Waals surface area (Å²) in [5.74, 6) is 5.36. The largest absolute Gasteiger partial charge is 0.424 e. The van der Waals surface area contributed by atoms with Crippen molar-refractivity contribution in [2.75, 3.05) is 36.0 Å². The summed E-state index contributed by atoms with van der Waals surface area (Å²) in [6.45, 7) is 9.63. The lowest BCUT2D eigenvalue weighted by molar-refractivity contribution is 0.265. The van der Waals surface area contributed by atoms with E-state index in [4.69, 9.17) is 71.7 Å². The zero-order valence-electron chi connectivity index (χ0n) is 35.1. The SMILES string of the molecule is CCn1nc(Br)nc1Oc1cccc(Cl)c1.CCn1nc(CC2C3CCC2CN(c2ccnc(Cl)c2)C3)nc1Oc1cccc(Cl)c1.NC1C2CCC1CN(c1ccnc(Cl)c1)C2. The third kappa shape index (κ3) is 11.4. The van der Waals surface area contributed by atoms with Gasteiger partial charge in [-0.2, -0.15) is 15.1 Å². The molecular formula is C45H50BrCl4N11O2.